The van der Waals surface area contributed by atoms with E-state index in [0.717, 1.165) is 49.3 Å². The van der Waals surface area contributed by atoms with E-state index in [0.29, 0.717) is 6.42 Å². The van der Waals surface area contributed by atoms with Crippen LogP contribution in [0.25, 0.3) is 0 Å². The van der Waals surface area contributed by atoms with Crippen LogP contribution >= 0.6 is 0 Å². The van der Waals surface area contributed by atoms with E-state index in [1.807, 2.05) is 66.4 Å². The van der Waals surface area contributed by atoms with Crippen molar-refractivity contribution < 1.29 is 14.9 Å². The first kappa shape index (κ1) is 19.1. The van der Waals surface area contributed by atoms with Crippen LogP contribution in [0.4, 0.5) is 5.69 Å². The number of amides is 2. The van der Waals surface area contributed by atoms with E-state index in [1.165, 1.54) is 0 Å². The lowest BCUT2D eigenvalue weighted by Crippen LogP contribution is -2.87. The molecule has 5 nitrogen and oxygen atoms in total. The summed E-state index contributed by atoms with van der Waals surface area (Å²) >= 11 is 0. The molecule has 1 aliphatic rings. The Hall–Kier alpha value is -2.66. The third-order valence-electron chi connectivity index (χ3n) is 4.97. The van der Waals surface area contributed by atoms with Gasteiger partial charge in [-0.3, -0.25) is 9.59 Å². The molecule has 0 aliphatic carbocycles. The molecule has 2 aromatic carbocycles. The third-order valence-corrected chi connectivity index (χ3v) is 4.97. The van der Waals surface area contributed by atoms with Gasteiger partial charge in [0.05, 0.1) is 6.54 Å². The number of anilines is 1. The monoisotopic (exact) mass is 366 g/mol. The van der Waals surface area contributed by atoms with Crippen molar-refractivity contribution in [3.05, 3.63) is 65.7 Å². The number of nitrogens with two attached hydrogens (primary N) is 1. The number of rotatable bonds is 8. The van der Waals surface area contributed by atoms with Crippen molar-refractivity contribution in [2.45, 2.75) is 32.2 Å². The van der Waals surface area contributed by atoms with Crippen molar-refractivity contribution in [1.82, 2.24) is 4.90 Å². The second kappa shape index (κ2) is 9.33. The number of nitrogens with zero attached hydrogens (tertiary/aromatic N) is 1. The molecule has 0 unspecified atom stereocenters. The minimum absolute atomic E-state index is 0.0256. The van der Waals surface area contributed by atoms with E-state index in [-0.39, 0.29) is 17.9 Å². The van der Waals surface area contributed by atoms with Gasteiger partial charge in [-0.1, -0.05) is 48.0 Å². The molecule has 0 bridgehead atoms. The maximum Gasteiger partial charge on any atom is 0.287 e. The number of benzene rings is 2. The molecule has 0 saturated carbocycles. The smallest absolute Gasteiger partial charge is 0.287 e. The summed E-state index contributed by atoms with van der Waals surface area (Å²) in [7, 11) is 0. The molecule has 0 aromatic heterocycles. The molecule has 5 heteroatoms. The SMILES string of the molecule is Cc1ccc(NC(=O)[C@H]([NH2+]CCCN2CCCC2=O)c2ccccc2)cc1. The van der Waals surface area contributed by atoms with E-state index in [9.17, 15) is 9.59 Å². The van der Waals surface area contributed by atoms with Crippen molar-refractivity contribution in [3.63, 3.8) is 0 Å². The molecule has 3 rings (SSSR count). The zero-order valence-electron chi connectivity index (χ0n) is 15.9. The van der Waals surface area contributed by atoms with Crippen molar-refractivity contribution in [3.8, 4) is 0 Å². The maximum absolute atomic E-state index is 12.9. The molecule has 0 spiro atoms. The molecule has 1 fully saturated rings. The van der Waals surface area contributed by atoms with Crippen LogP contribution in [0, 0.1) is 6.92 Å². The third kappa shape index (κ3) is 5.41. The fraction of sp³-hybridized carbons (Fsp3) is 0.364. The van der Waals surface area contributed by atoms with Gasteiger partial charge in [-0.2, -0.15) is 0 Å². The molecule has 1 aliphatic heterocycles. The fourth-order valence-electron chi connectivity index (χ4n) is 3.42. The second-order valence-corrected chi connectivity index (χ2v) is 7.11. The Morgan fingerprint density at radius 2 is 1.89 bits per heavy atom. The molecule has 142 valence electrons. The maximum atomic E-state index is 12.9. The molecule has 1 heterocycles. The summed E-state index contributed by atoms with van der Waals surface area (Å²) in [6.45, 7) is 4.47. The summed E-state index contributed by atoms with van der Waals surface area (Å²) in [6, 6.07) is 17.4. The van der Waals surface area contributed by atoms with E-state index < -0.39 is 0 Å². The van der Waals surface area contributed by atoms with Crippen LogP contribution in [0.15, 0.2) is 54.6 Å². The second-order valence-electron chi connectivity index (χ2n) is 7.11. The van der Waals surface area contributed by atoms with Crippen LogP contribution in [0.1, 0.15) is 36.4 Å². The summed E-state index contributed by atoms with van der Waals surface area (Å²) in [5, 5.41) is 5.09. The number of likely N-dealkylation sites (tertiary alicyclic amines) is 1. The lowest BCUT2D eigenvalue weighted by molar-refractivity contribution is -0.682. The highest BCUT2D eigenvalue weighted by atomic mass is 16.2. The van der Waals surface area contributed by atoms with E-state index in [1.54, 1.807) is 0 Å². The highest BCUT2D eigenvalue weighted by molar-refractivity contribution is 5.94. The van der Waals surface area contributed by atoms with Gasteiger partial charge in [-0.25, -0.2) is 0 Å². The number of carbonyl (C=O) groups excluding carboxylic acids is 2. The largest absolute Gasteiger partial charge is 0.342 e. The zero-order valence-corrected chi connectivity index (χ0v) is 15.9. The van der Waals surface area contributed by atoms with Gasteiger partial charge in [0.15, 0.2) is 6.04 Å². The molecule has 1 atom stereocenters. The first-order valence-electron chi connectivity index (χ1n) is 9.67. The Bertz CT molecular complexity index is 759. The average molecular weight is 366 g/mol. The number of hydrogen-bond acceptors (Lipinski definition) is 2. The van der Waals surface area contributed by atoms with Crippen LogP contribution in [0.5, 0.6) is 0 Å². The number of hydrogen-bond donors (Lipinski definition) is 2. The molecule has 0 radical (unpaired) electrons. The summed E-state index contributed by atoms with van der Waals surface area (Å²) in [5.41, 5.74) is 2.96. The molecule has 27 heavy (non-hydrogen) atoms. The van der Waals surface area contributed by atoms with Crippen LogP contribution in [0.2, 0.25) is 0 Å². The van der Waals surface area contributed by atoms with Gasteiger partial charge in [-0.05, 0) is 25.5 Å². The van der Waals surface area contributed by atoms with E-state index in [2.05, 4.69) is 10.6 Å². The quantitative estimate of drug-likeness (QED) is 0.704. The molecular formula is C22H28N3O2+. The Labute approximate surface area is 160 Å². The van der Waals surface area contributed by atoms with Gasteiger partial charge in [0, 0.05) is 37.2 Å². The highest BCUT2D eigenvalue weighted by Gasteiger charge is 2.24. The first-order valence-corrected chi connectivity index (χ1v) is 9.67. The standard InChI is InChI=1S/C22H27N3O2/c1-17-10-12-19(13-11-17)24-22(27)21(18-7-3-2-4-8-18)23-14-6-16-25-15-5-9-20(25)26/h2-4,7-8,10-13,21,23H,5-6,9,14-16H2,1H3,(H,24,27)/p+1/t21-/m1/s1. The summed E-state index contributed by atoms with van der Waals surface area (Å²) in [5.74, 6) is 0.231. The van der Waals surface area contributed by atoms with Crippen molar-refractivity contribution >= 4 is 17.5 Å². The Kier molecular flexibility index (Phi) is 6.60. The molecule has 2 amide bonds. The minimum Gasteiger partial charge on any atom is -0.342 e. The normalized spacial score (nSPS) is 15.0. The fourth-order valence-corrected chi connectivity index (χ4v) is 3.42. The average Bonchev–Trinajstić information content (AvgIpc) is 3.09. The predicted octanol–water partition coefficient (Wildman–Crippen LogP) is 2.25. The van der Waals surface area contributed by atoms with Crippen LogP contribution in [-0.4, -0.2) is 36.3 Å². The van der Waals surface area contributed by atoms with Gasteiger partial charge in [0.2, 0.25) is 5.91 Å². The number of quaternary nitrogens is 1. The van der Waals surface area contributed by atoms with Gasteiger partial charge in [0.1, 0.15) is 0 Å². The van der Waals surface area contributed by atoms with Crippen molar-refractivity contribution in [1.29, 1.82) is 0 Å². The molecule has 2 aromatic rings. The van der Waals surface area contributed by atoms with Crippen LogP contribution in [-0.2, 0) is 9.59 Å². The topological polar surface area (TPSA) is 66.0 Å². The zero-order chi connectivity index (χ0) is 19.1. The van der Waals surface area contributed by atoms with E-state index in [4.69, 9.17) is 0 Å². The minimum atomic E-state index is -0.304. The van der Waals surface area contributed by atoms with Crippen molar-refractivity contribution in [2.75, 3.05) is 25.0 Å². The summed E-state index contributed by atoms with van der Waals surface area (Å²) < 4.78 is 0. The van der Waals surface area contributed by atoms with Crippen LogP contribution in [0.3, 0.4) is 0 Å². The highest BCUT2D eigenvalue weighted by Crippen LogP contribution is 2.14. The van der Waals surface area contributed by atoms with Gasteiger partial charge in [0.25, 0.3) is 5.91 Å². The molecule has 1 saturated heterocycles. The van der Waals surface area contributed by atoms with Gasteiger partial charge in [-0.15, -0.1) is 0 Å². The Morgan fingerprint density at radius 1 is 1.15 bits per heavy atom. The summed E-state index contributed by atoms with van der Waals surface area (Å²) in [6.07, 6.45) is 2.52. The predicted molar refractivity (Wildman–Crippen MR) is 106 cm³/mol. The summed E-state index contributed by atoms with van der Waals surface area (Å²) in [4.78, 5) is 26.5. The number of carbonyl (C=O) groups is 2. The molecule has 3 N–H and O–H groups in total. The lowest BCUT2D eigenvalue weighted by atomic mass is 10.1. The Balaban J connectivity index is 1.59. The van der Waals surface area contributed by atoms with Gasteiger partial charge < -0.3 is 15.5 Å². The number of aryl methyl sites for hydroxylation is 1. The van der Waals surface area contributed by atoms with Gasteiger partial charge >= 0.3 is 0 Å². The van der Waals surface area contributed by atoms with Crippen LogP contribution < -0.4 is 10.6 Å². The first-order chi connectivity index (χ1) is 13.1. The Morgan fingerprint density at radius 3 is 2.56 bits per heavy atom. The van der Waals surface area contributed by atoms with Crippen molar-refractivity contribution in [2.24, 2.45) is 0 Å². The van der Waals surface area contributed by atoms with E-state index >= 15 is 0 Å². The molecular weight excluding hydrogens is 338 g/mol. The lowest BCUT2D eigenvalue weighted by Gasteiger charge is -2.18. The number of nitrogens with one attached hydrogen (secondary N) is 1.